The van der Waals surface area contributed by atoms with Gasteiger partial charge in [0, 0.05) is 50.5 Å². The predicted molar refractivity (Wildman–Crippen MR) is 117 cm³/mol. The smallest absolute Gasteiger partial charge is 0.251 e. The van der Waals surface area contributed by atoms with Gasteiger partial charge in [-0.1, -0.05) is 36.4 Å². The van der Waals surface area contributed by atoms with Crippen LogP contribution in [0.1, 0.15) is 23.2 Å². The van der Waals surface area contributed by atoms with Crippen molar-refractivity contribution in [3.8, 4) is 11.3 Å². The van der Waals surface area contributed by atoms with Crippen molar-refractivity contribution >= 4 is 17.4 Å². The van der Waals surface area contributed by atoms with Gasteiger partial charge in [0.15, 0.2) is 5.82 Å². The number of aromatic amines is 1. The van der Waals surface area contributed by atoms with Crippen molar-refractivity contribution in [2.45, 2.75) is 18.9 Å². The summed E-state index contributed by atoms with van der Waals surface area (Å²) in [6.45, 7) is 1.71. The summed E-state index contributed by atoms with van der Waals surface area (Å²) in [5, 5.41) is 10.8. The summed E-state index contributed by atoms with van der Waals surface area (Å²) in [4.78, 5) is 17.0. The number of hydrogen-bond donors (Lipinski definition) is 2. The maximum Gasteiger partial charge on any atom is 0.251 e. The molecule has 1 unspecified atom stereocenters. The lowest BCUT2D eigenvalue weighted by molar-refractivity contribution is 0.0933. The number of anilines is 2. The van der Waals surface area contributed by atoms with Gasteiger partial charge in [-0.15, -0.1) is 0 Å². The zero-order valence-corrected chi connectivity index (χ0v) is 16.9. The second-order valence-electron chi connectivity index (χ2n) is 7.71. The van der Waals surface area contributed by atoms with Crippen LogP contribution in [0.25, 0.3) is 11.3 Å². The second kappa shape index (κ2) is 8.39. The molecule has 0 aliphatic carbocycles. The summed E-state index contributed by atoms with van der Waals surface area (Å²) in [5.74, 6) is 0.907. The third-order valence-corrected chi connectivity index (χ3v) is 5.35. The Bertz CT molecular complexity index is 966. The second-order valence-corrected chi connectivity index (χ2v) is 7.71. The molecule has 1 atom stereocenters. The summed E-state index contributed by atoms with van der Waals surface area (Å²) in [5.41, 5.74) is 3.84. The van der Waals surface area contributed by atoms with E-state index in [2.05, 4.69) is 38.6 Å². The van der Waals surface area contributed by atoms with E-state index in [9.17, 15) is 4.79 Å². The maximum absolute atomic E-state index is 12.8. The third kappa shape index (κ3) is 4.42. The standard InChI is InChI=1S/C23H27N5O/c1-27(2)20-12-6-10-18(14-20)23(29)24-19-11-7-13-28(16-19)22-15-21(25-26-22)17-8-4-3-5-9-17/h3-6,8-10,12,14-15,19H,7,11,13,16H2,1-2H3,(H,24,29)(H,25,26). The molecular formula is C23H27N5O. The van der Waals surface area contributed by atoms with Crippen molar-refractivity contribution in [2.75, 3.05) is 37.0 Å². The molecule has 4 rings (SSSR count). The van der Waals surface area contributed by atoms with Gasteiger partial charge in [-0.05, 0) is 36.6 Å². The molecule has 1 saturated heterocycles. The monoisotopic (exact) mass is 389 g/mol. The first-order valence-corrected chi connectivity index (χ1v) is 10.0. The van der Waals surface area contributed by atoms with E-state index in [0.717, 1.165) is 48.7 Å². The van der Waals surface area contributed by atoms with E-state index in [1.807, 2.05) is 61.5 Å². The van der Waals surface area contributed by atoms with E-state index in [4.69, 9.17) is 0 Å². The fourth-order valence-electron chi connectivity index (χ4n) is 3.74. The van der Waals surface area contributed by atoms with Gasteiger partial charge in [0.1, 0.15) is 0 Å². The molecule has 6 nitrogen and oxygen atoms in total. The number of nitrogens with zero attached hydrogens (tertiary/aromatic N) is 3. The molecule has 2 aromatic carbocycles. The maximum atomic E-state index is 12.8. The van der Waals surface area contributed by atoms with E-state index in [1.165, 1.54) is 0 Å². The average Bonchev–Trinajstić information content (AvgIpc) is 3.25. The molecular weight excluding hydrogens is 362 g/mol. The van der Waals surface area contributed by atoms with Gasteiger partial charge < -0.3 is 15.1 Å². The van der Waals surface area contributed by atoms with Crippen LogP contribution in [0.2, 0.25) is 0 Å². The van der Waals surface area contributed by atoms with Crippen LogP contribution in [0.15, 0.2) is 60.7 Å². The van der Waals surface area contributed by atoms with Gasteiger partial charge in [-0.3, -0.25) is 9.89 Å². The van der Waals surface area contributed by atoms with Crippen LogP contribution >= 0.6 is 0 Å². The first-order chi connectivity index (χ1) is 14.1. The van der Waals surface area contributed by atoms with Gasteiger partial charge >= 0.3 is 0 Å². The van der Waals surface area contributed by atoms with Crippen LogP contribution in [0, 0.1) is 0 Å². The Labute approximate surface area is 171 Å². The Kier molecular flexibility index (Phi) is 5.51. The molecule has 1 aromatic heterocycles. The molecule has 6 heteroatoms. The normalized spacial score (nSPS) is 16.5. The minimum absolute atomic E-state index is 0.0208. The van der Waals surface area contributed by atoms with E-state index in [1.54, 1.807) is 0 Å². The zero-order chi connectivity index (χ0) is 20.2. The van der Waals surface area contributed by atoms with Crippen LogP contribution in [0.4, 0.5) is 11.5 Å². The number of aromatic nitrogens is 2. The Morgan fingerprint density at radius 3 is 2.76 bits per heavy atom. The fourth-order valence-corrected chi connectivity index (χ4v) is 3.74. The highest BCUT2D eigenvalue weighted by molar-refractivity contribution is 5.95. The summed E-state index contributed by atoms with van der Waals surface area (Å²) in [6, 6.07) is 20.1. The van der Waals surface area contributed by atoms with Crippen molar-refractivity contribution in [1.29, 1.82) is 0 Å². The Morgan fingerprint density at radius 2 is 1.97 bits per heavy atom. The van der Waals surface area contributed by atoms with E-state index >= 15 is 0 Å². The summed E-state index contributed by atoms with van der Waals surface area (Å²) in [7, 11) is 3.95. The number of H-pyrrole nitrogens is 1. The average molecular weight is 390 g/mol. The van der Waals surface area contributed by atoms with E-state index in [0.29, 0.717) is 5.56 Å². The Morgan fingerprint density at radius 1 is 1.14 bits per heavy atom. The van der Waals surface area contributed by atoms with Gasteiger partial charge in [0.2, 0.25) is 0 Å². The molecule has 1 aliphatic heterocycles. The fraction of sp³-hybridized carbons (Fsp3) is 0.304. The summed E-state index contributed by atoms with van der Waals surface area (Å²) < 4.78 is 0. The number of nitrogens with one attached hydrogen (secondary N) is 2. The molecule has 2 heterocycles. The molecule has 3 aromatic rings. The molecule has 1 fully saturated rings. The lowest BCUT2D eigenvalue weighted by Crippen LogP contribution is -2.48. The summed E-state index contributed by atoms with van der Waals surface area (Å²) in [6.07, 6.45) is 2.00. The Hall–Kier alpha value is -3.28. The van der Waals surface area contributed by atoms with Crippen molar-refractivity contribution in [1.82, 2.24) is 15.5 Å². The highest BCUT2D eigenvalue weighted by Gasteiger charge is 2.23. The zero-order valence-electron chi connectivity index (χ0n) is 16.9. The van der Waals surface area contributed by atoms with Gasteiger partial charge in [-0.2, -0.15) is 5.10 Å². The van der Waals surface area contributed by atoms with E-state index < -0.39 is 0 Å². The number of carbonyl (C=O) groups is 1. The summed E-state index contributed by atoms with van der Waals surface area (Å²) >= 11 is 0. The third-order valence-electron chi connectivity index (χ3n) is 5.35. The lowest BCUT2D eigenvalue weighted by atomic mass is 10.0. The highest BCUT2D eigenvalue weighted by atomic mass is 16.1. The first kappa shape index (κ1) is 19.1. The molecule has 29 heavy (non-hydrogen) atoms. The van der Waals surface area contributed by atoms with Gasteiger partial charge in [0.25, 0.3) is 5.91 Å². The number of benzene rings is 2. The van der Waals surface area contributed by atoms with Gasteiger partial charge in [-0.25, -0.2) is 0 Å². The van der Waals surface area contributed by atoms with Crippen LogP contribution in [0.3, 0.4) is 0 Å². The number of rotatable bonds is 5. The van der Waals surface area contributed by atoms with Crippen molar-refractivity contribution in [3.05, 3.63) is 66.2 Å². The lowest BCUT2D eigenvalue weighted by Gasteiger charge is -2.33. The van der Waals surface area contributed by atoms with Crippen LogP contribution in [-0.2, 0) is 0 Å². The largest absolute Gasteiger partial charge is 0.378 e. The van der Waals surface area contributed by atoms with Crippen LogP contribution in [-0.4, -0.2) is 49.3 Å². The predicted octanol–water partition coefficient (Wildman–Crippen LogP) is 3.54. The minimum atomic E-state index is -0.0208. The highest BCUT2D eigenvalue weighted by Crippen LogP contribution is 2.24. The SMILES string of the molecule is CN(C)c1cccc(C(=O)NC2CCCN(c3cc(-c4ccccc4)[nH]n3)C2)c1. The number of carbonyl (C=O) groups excluding carboxylic acids is 1. The molecule has 0 spiro atoms. The molecule has 2 N–H and O–H groups in total. The van der Waals surface area contributed by atoms with Gasteiger partial charge in [0.05, 0.1) is 5.69 Å². The number of piperidine rings is 1. The first-order valence-electron chi connectivity index (χ1n) is 10.0. The quantitative estimate of drug-likeness (QED) is 0.701. The number of hydrogen-bond acceptors (Lipinski definition) is 4. The van der Waals surface area contributed by atoms with Crippen molar-refractivity contribution < 1.29 is 4.79 Å². The molecule has 0 saturated carbocycles. The molecule has 1 amide bonds. The minimum Gasteiger partial charge on any atom is -0.378 e. The molecule has 1 aliphatic rings. The molecule has 150 valence electrons. The van der Waals surface area contributed by atoms with Crippen LogP contribution < -0.4 is 15.1 Å². The van der Waals surface area contributed by atoms with E-state index in [-0.39, 0.29) is 11.9 Å². The number of amides is 1. The topological polar surface area (TPSA) is 64.3 Å². The van der Waals surface area contributed by atoms with Crippen molar-refractivity contribution in [2.24, 2.45) is 0 Å². The molecule has 0 bridgehead atoms. The van der Waals surface area contributed by atoms with Crippen molar-refractivity contribution in [3.63, 3.8) is 0 Å². The van der Waals surface area contributed by atoms with Crippen LogP contribution in [0.5, 0.6) is 0 Å². The Balaban J connectivity index is 1.42. The molecule has 0 radical (unpaired) electrons.